The van der Waals surface area contributed by atoms with E-state index >= 15 is 0 Å². The van der Waals surface area contributed by atoms with Crippen molar-refractivity contribution in [1.82, 2.24) is 24.9 Å². The minimum absolute atomic E-state index is 0.0488. The summed E-state index contributed by atoms with van der Waals surface area (Å²) < 4.78 is 12.3. The van der Waals surface area contributed by atoms with Crippen molar-refractivity contribution in [2.45, 2.75) is 12.8 Å². The lowest BCUT2D eigenvalue weighted by Crippen LogP contribution is -2.30. The second kappa shape index (κ2) is 8.09. The smallest absolute Gasteiger partial charge is 0.257 e. The number of carbonyl (C=O) groups excluding carboxylic acids is 1. The fourth-order valence-corrected chi connectivity index (χ4v) is 2.34. The van der Waals surface area contributed by atoms with Crippen molar-refractivity contribution in [3.05, 3.63) is 48.5 Å². The standard InChI is InChI=1S/C17H19N5O3/c1-24-14-6-2-3-7-15(14)25-11-16(23)18-8-4-5-13-9-19-17-20-12-21-22(17)10-13/h2-3,6-7,9-10,12H,4-5,8,11H2,1H3,(H,18,23). The molecule has 130 valence electrons. The number of amides is 1. The Kier molecular flexibility index (Phi) is 5.40. The van der Waals surface area contributed by atoms with Crippen molar-refractivity contribution in [1.29, 1.82) is 0 Å². The first-order valence-electron chi connectivity index (χ1n) is 7.93. The molecule has 1 amide bonds. The predicted octanol–water partition coefficient (Wildman–Crippen LogP) is 1.26. The molecular weight excluding hydrogens is 322 g/mol. The van der Waals surface area contributed by atoms with E-state index in [-0.39, 0.29) is 12.5 Å². The van der Waals surface area contributed by atoms with Gasteiger partial charge < -0.3 is 14.8 Å². The average Bonchev–Trinajstić information content (AvgIpc) is 3.11. The molecule has 1 aromatic carbocycles. The Balaban J connectivity index is 1.39. The van der Waals surface area contributed by atoms with E-state index in [9.17, 15) is 4.79 Å². The number of methoxy groups -OCH3 is 1. The topological polar surface area (TPSA) is 90.6 Å². The number of hydrogen-bond acceptors (Lipinski definition) is 6. The number of ether oxygens (including phenoxy) is 2. The number of hydrogen-bond donors (Lipinski definition) is 1. The number of nitrogens with zero attached hydrogens (tertiary/aromatic N) is 4. The van der Waals surface area contributed by atoms with Gasteiger partial charge in [0, 0.05) is 18.9 Å². The molecule has 1 N–H and O–H groups in total. The van der Waals surface area contributed by atoms with Gasteiger partial charge in [-0.2, -0.15) is 10.1 Å². The normalized spacial score (nSPS) is 10.6. The molecule has 0 unspecified atom stereocenters. The van der Waals surface area contributed by atoms with Gasteiger partial charge in [0.25, 0.3) is 11.7 Å². The molecular formula is C17H19N5O3. The first kappa shape index (κ1) is 16.7. The molecule has 0 aliphatic carbocycles. The van der Waals surface area contributed by atoms with Gasteiger partial charge in [-0.25, -0.2) is 9.50 Å². The fourth-order valence-electron chi connectivity index (χ4n) is 2.34. The van der Waals surface area contributed by atoms with Gasteiger partial charge in [0.15, 0.2) is 18.1 Å². The lowest BCUT2D eigenvalue weighted by molar-refractivity contribution is -0.123. The lowest BCUT2D eigenvalue weighted by Gasteiger charge is -2.10. The van der Waals surface area contributed by atoms with E-state index in [0.717, 1.165) is 18.4 Å². The van der Waals surface area contributed by atoms with Crippen molar-refractivity contribution in [2.24, 2.45) is 0 Å². The summed E-state index contributed by atoms with van der Waals surface area (Å²) in [4.78, 5) is 20.1. The van der Waals surface area contributed by atoms with Crippen LogP contribution in [-0.2, 0) is 11.2 Å². The van der Waals surface area contributed by atoms with Crippen LogP contribution in [-0.4, -0.2) is 45.8 Å². The van der Waals surface area contributed by atoms with E-state index in [4.69, 9.17) is 9.47 Å². The number of benzene rings is 1. The van der Waals surface area contributed by atoms with Crippen molar-refractivity contribution in [3.8, 4) is 11.5 Å². The maximum Gasteiger partial charge on any atom is 0.257 e. The molecule has 0 atom stereocenters. The summed E-state index contributed by atoms with van der Waals surface area (Å²) in [6.45, 7) is 0.510. The molecule has 3 aromatic rings. The molecule has 0 aliphatic heterocycles. The monoisotopic (exact) mass is 341 g/mol. The SMILES string of the molecule is COc1ccccc1OCC(=O)NCCCc1cnc2ncnn2c1. The molecule has 0 radical (unpaired) electrons. The Morgan fingerprint density at radius 2 is 2.08 bits per heavy atom. The number of nitrogens with one attached hydrogen (secondary N) is 1. The molecule has 2 heterocycles. The highest BCUT2D eigenvalue weighted by Gasteiger charge is 2.06. The Morgan fingerprint density at radius 1 is 1.24 bits per heavy atom. The van der Waals surface area contributed by atoms with Crippen molar-refractivity contribution >= 4 is 11.7 Å². The summed E-state index contributed by atoms with van der Waals surface area (Å²) in [6, 6.07) is 7.22. The van der Waals surface area contributed by atoms with Gasteiger partial charge in [0.2, 0.25) is 0 Å². The van der Waals surface area contributed by atoms with Crippen molar-refractivity contribution in [2.75, 3.05) is 20.3 Å². The molecule has 0 aliphatic rings. The summed E-state index contributed by atoms with van der Waals surface area (Å²) in [5.74, 6) is 1.56. The van der Waals surface area contributed by atoms with Gasteiger partial charge >= 0.3 is 0 Å². The van der Waals surface area contributed by atoms with Gasteiger partial charge in [-0.1, -0.05) is 12.1 Å². The van der Waals surface area contributed by atoms with Crippen molar-refractivity contribution in [3.63, 3.8) is 0 Å². The van der Waals surface area contributed by atoms with Gasteiger partial charge in [-0.05, 0) is 30.5 Å². The zero-order chi connectivity index (χ0) is 17.5. The summed E-state index contributed by atoms with van der Waals surface area (Å²) in [5, 5.41) is 6.88. The van der Waals surface area contributed by atoms with Crippen LogP contribution in [0.2, 0.25) is 0 Å². The van der Waals surface area contributed by atoms with Crippen LogP contribution in [0, 0.1) is 0 Å². The van der Waals surface area contributed by atoms with E-state index in [1.165, 1.54) is 6.33 Å². The average molecular weight is 341 g/mol. The molecule has 0 bridgehead atoms. The summed E-state index contributed by atoms with van der Waals surface area (Å²) in [5.41, 5.74) is 1.04. The van der Waals surface area contributed by atoms with Crippen LogP contribution in [0.4, 0.5) is 0 Å². The Morgan fingerprint density at radius 3 is 2.92 bits per heavy atom. The predicted molar refractivity (Wildman–Crippen MR) is 90.6 cm³/mol. The molecule has 25 heavy (non-hydrogen) atoms. The van der Waals surface area contributed by atoms with Crippen molar-refractivity contribution < 1.29 is 14.3 Å². The van der Waals surface area contributed by atoms with Gasteiger partial charge in [-0.3, -0.25) is 4.79 Å². The number of fused-ring (bicyclic) bond motifs is 1. The molecule has 8 heteroatoms. The van der Waals surface area contributed by atoms with Crippen LogP contribution in [0.3, 0.4) is 0 Å². The zero-order valence-electron chi connectivity index (χ0n) is 13.9. The highest BCUT2D eigenvalue weighted by atomic mass is 16.5. The Bertz CT molecular complexity index is 849. The molecule has 0 saturated carbocycles. The summed E-state index contributed by atoms with van der Waals surface area (Å²) in [6.07, 6.45) is 6.71. The molecule has 0 fully saturated rings. The highest BCUT2D eigenvalue weighted by Crippen LogP contribution is 2.25. The minimum atomic E-state index is -0.171. The number of para-hydroxylation sites is 2. The van der Waals surface area contributed by atoms with Crippen LogP contribution >= 0.6 is 0 Å². The van der Waals surface area contributed by atoms with Gasteiger partial charge in [-0.15, -0.1) is 0 Å². The highest BCUT2D eigenvalue weighted by molar-refractivity contribution is 5.77. The maximum absolute atomic E-state index is 11.9. The van der Waals surface area contributed by atoms with Crippen LogP contribution in [0.25, 0.3) is 5.78 Å². The third kappa shape index (κ3) is 4.43. The Hall–Kier alpha value is -3.16. The minimum Gasteiger partial charge on any atom is -0.493 e. The van der Waals surface area contributed by atoms with E-state index < -0.39 is 0 Å². The fraction of sp³-hybridized carbons (Fsp3) is 0.294. The van der Waals surface area contributed by atoms with Crippen LogP contribution in [0.15, 0.2) is 43.0 Å². The van der Waals surface area contributed by atoms with E-state index in [1.807, 2.05) is 18.3 Å². The Labute approximate surface area is 144 Å². The quantitative estimate of drug-likeness (QED) is 0.620. The van der Waals surface area contributed by atoms with Crippen LogP contribution in [0.1, 0.15) is 12.0 Å². The molecule has 2 aromatic heterocycles. The second-order valence-electron chi connectivity index (χ2n) is 5.36. The third-order valence-electron chi connectivity index (χ3n) is 3.58. The van der Waals surface area contributed by atoms with Gasteiger partial charge in [0.1, 0.15) is 6.33 Å². The number of carbonyl (C=O) groups is 1. The van der Waals surface area contributed by atoms with Crippen LogP contribution in [0.5, 0.6) is 11.5 Å². The number of aromatic nitrogens is 4. The van der Waals surface area contributed by atoms with E-state index in [0.29, 0.717) is 23.8 Å². The number of aryl methyl sites for hydroxylation is 1. The second-order valence-corrected chi connectivity index (χ2v) is 5.36. The molecule has 8 nitrogen and oxygen atoms in total. The zero-order valence-corrected chi connectivity index (χ0v) is 13.9. The van der Waals surface area contributed by atoms with Gasteiger partial charge in [0.05, 0.1) is 7.11 Å². The first-order chi connectivity index (χ1) is 12.3. The molecule has 0 spiro atoms. The maximum atomic E-state index is 11.9. The molecule has 3 rings (SSSR count). The summed E-state index contributed by atoms with van der Waals surface area (Å²) in [7, 11) is 1.56. The molecule has 0 saturated heterocycles. The van der Waals surface area contributed by atoms with E-state index in [1.54, 1.807) is 30.0 Å². The van der Waals surface area contributed by atoms with Crippen LogP contribution < -0.4 is 14.8 Å². The van der Waals surface area contributed by atoms with E-state index in [2.05, 4.69) is 20.4 Å². The third-order valence-corrected chi connectivity index (χ3v) is 3.58. The largest absolute Gasteiger partial charge is 0.493 e. The first-order valence-corrected chi connectivity index (χ1v) is 7.93. The summed E-state index contributed by atoms with van der Waals surface area (Å²) >= 11 is 0. The lowest BCUT2D eigenvalue weighted by atomic mass is 10.2. The number of rotatable bonds is 8.